The van der Waals surface area contributed by atoms with Crippen LogP contribution in [0.3, 0.4) is 0 Å². The zero-order chi connectivity index (χ0) is 18.1. The Morgan fingerprint density at radius 2 is 1.77 bits per heavy atom. The van der Waals surface area contributed by atoms with E-state index in [2.05, 4.69) is 15.1 Å². The van der Waals surface area contributed by atoms with E-state index in [9.17, 15) is 0 Å². The summed E-state index contributed by atoms with van der Waals surface area (Å²) in [5, 5.41) is 5.48. The number of ether oxygens (including phenoxy) is 3. The predicted molar refractivity (Wildman–Crippen MR) is 99.2 cm³/mol. The number of rotatable bonds is 5. The van der Waals surface area contributed by atoms with E-state index in [1.54, 1.807) is 38.2 Å². The first kappa shape index (κ1) is 16.3. The van der Waals surface area contributed by atoms with Crippen LogP contribution >= 0.6 is 11.3 Å². The molecule has 0 saturated heterocycles. The van der Waals surface area contributed by atoms with Gasteiger partial charge in [0.1, 0.15) is 10.8 Å². The van der Waals surface area contributed by atoms with Crippen molar-refractivity contribution in [2.75, 3.05) is 21.3 Å². The first-order valence-electron chi connectivity index (χ1n) is 7.80. The number of imidazole rings is 1. The van der Waals surface area contributed by atoms with Gasteiger partial charge >= 0.3 is 0 Å². The van der Waals surface area contributed by atoms with Crippen LogP contribution in [0.1, 0.15) is 0 Å². The molecule has 0 N–H and O–H groups in total. The van der Waals surface area contributed by atoms with Crippen molar-refractivity contribution in [1.82, 2.24) is 19.6 Å². The van der Waals surface area contributed by atoms with Crippen molar-refractivity contribution in [3.05, 3.63) is 42.9 Å². The molecule has 132 valence electrons. The molecule has 0 aliphatic heterocycles. The summed E-state index contributed by atoms with van der Waals surface area (Å²) in [6, 6.07) is 7.62. The Hall–Kier alpha value is -3.13. The van der Waals surface area contributed by atoms with E-state index in [-0.39, 0.29) is 0 Å². The molecule has 0 radical (unpaired) electrons. The lowest BCUT2D eigenvalue weighted by Gasteiger charge is -2.07. The van der Waals surface area contributed by atoms with Crippen LogP contribution in [0.4, 0.5) is 0 Å². The maximum absolute atomic E-state index is 5.36. The molecule has 8 heteroatoms. The molecule has 0 atom stereocenters. The number of pyridine rings is 1. The Labute approximate surface area is 153 Å². The fourth-order valence-electron chi connectivity index (χ4n) is 2.60. The number of benzene rings is 1. The Morgan fingerprint density at radius 1 is 0.923 bits per heavy atom. The SMILES string of the molecule is COc1cncc(-c2cn3nc(-c4ccc(OC)c(OC)c4)sc3n2)c1. The number of methoxy groups -OCH3 is 3. The molecule has 0 bridgehead atoms. The van der Waals surface area contributed by atoms with Crippen molar-refractivity contribution in [2.45, 2.75) is 0 Å². The van der Waals surface area contributed by atoms with Crippen LogP contribution < -0.4 is 14.2 Å². The van der Waals surface area contributed by atoms with E-state index >= 15 is 0 Å². The number of hydrogen-bond acceptors (Lipinski definition) is 7. The number of nitrogens with zero attached hydrogens (tertiary/aromatic N) is 4. The highest BCUT2D eigenvalue weighted by atomic mass is 32.1. The summed E-state index contributed by atoms with van der Waals surface area (Å²) >= 11 is 1.50. The van der Waals surface area contributed by atoms with E-state index in [0.717, 1.165) is 26.8 Å². The lowest BCUT2D eigenvalue weighted by molar-refractivity contribution is 0.355. The fourth-order valence-corrected chi connectivity index (χ4v) is 3.47. The van der Waals surface area contributed by atoms with Crippen LogP contribution in [-0.4, -0.2) is 40.9 Å². The quantitative estimate of drug-likeness (QED) is 0.537. The standard InChI is InChI=1S/C18H16N4O3S/c1-23-13-6-12(8-19-9-13)14-10-22-18(20-14)26-17(21-22)11-4-5-15(24-2)16(7-11)25-3/h4-10H,1-3H3. The van der Waals surface area contributed by atoms with Gasteiger partial charge in [-0.1, -0.05) is 11.3 Å². The molecule has 0 fully saturated rings. The first-order valence-corrected chi connectivity index (χ1v) is 8.61. The molecule has 0 saturated carbocycles. The average Bonchev–Trinajstić information content (AvgIpc) is 3.26. The fraction of sp³-hybridized carbons (Fsp3) is 0.167. The minimum Gasteiger partial charge on any atom is -0.495 e. The van der Waals surface area contributed by atoms with Gasteiger partial charge in [0.2, 0.25) is 4.96 Å². The van der Waals surface area contributed by atoms with E-state index < -0.39 is 0 Å². The lowest BCUT2D eigenvalue weighted by atomic mass is 10.2. The molecular formula is C18H16N4O3S. The number of fused-ring (bicyclic) bond motifs is 1. The third-order valence-electron chi connectivity index (χ3n) is 3.92. The van der Waals surface area contributed by atoms with Gasteiger partial charge in [0, 0.05) is 17.3 Å². The van der Waals surface area contributed by atoms with Gasteiger partial charge in [0.25, 0.3) is 0 Å². The molecule has 0 unspecified atom stereocenters. The summed E-state index contributed by atoms with van der Waals surface area (Å²) in [4.78, 5) is 9.62. The van der Waals surface area contributed by atoms with Gasteiger partial charge in [-0.05, 0) is 24.3 Å². The predicted octanol–water partition coefficient (Wildman–Crippen LogP) is 3.55. The van der Waals surface area contributed by atoms with Gasteiger partial charge in [-0.15, -0.1) is 0 Å². The Morgan fingerprint density at radius 3 is 2.50 bits per heavy atom. The first-order chi connectivity index (χ1) is 12.7. The molecular weight excluding hydrogens is 352 g/mol. The summed E-state index contributed by atoms with van der Waals surface area (Å²) in [5.74, 6) is 2.05. The Balaban J connectivity index is 1.70. The maximum Gasteiger partial charge on any atom is 0.213 e. The molecule has 0 aliphatic carbocycles. The average molecular weight is 368 g/mol. The van der Waals surface area contributed by atoms with Crippen LogP contribution in [0.5, 0.6) is 17.2 Å². The smallest absolute Gasteiger partial charge is 0.213 e. The molecule has 0 aliphatic rings. The largest absolute Gasteiger partial charge is 0.495 e. The van der Waals surface area contributed by atoms with Crippen molar-refractivity contribution in [3.8, 4) is 39.1 Å². The molecule has 0 spiro atoms. The molecule has 1 aromatic carbocycles. The van der Waals surface area contributed by atoms with Crippen LogP contribution in [0.15, 0.2) is 42.9 Å². The van der Waals surface area contributed by atoms with Crippen LogP contribution in [0.25, 0.3) is 26.8 Å². The van der Waals surface area contributed by atoms with Gasteiger partial charge in [-0.25, -0.2) is 9.50 Å². The van der Waals surface area contributed by atoms with Gasteiger partial charge < -0.3 is 14.2 Å². The van der Waals surface area contributed by atoms with Crippen molar-refractivity contribution in [3.63, 3.8) is 0 Å². The Bertz CT molecular complexity index is 1040. The highest BCUT2D eigenvalue weighted by molar-refractivity contribution is 7.19. The second-order valence-electron chi connectivity index (χ2n) is 5.44. The summed E-state index contributed by atoms with van der Waals surface area (Å²) in [6.45, 7) is 0. The second-order valence-corrected chi connectivity index (χ2v) is 6.40. The molecule has 3 heterocycles. The molecule has 4 aromatic rings. The second kappa shape index (κ2) is 6.64. The van der Waals surface area contributed by atoms with Crippen LogP contribution in [0, 0.1) is 0 Å². The van der Waals surface area contributed by atoms with Crippen molar-refractivity contribution < 1.29 is 14.2 Å². The van der Waals surface area contributed by atoms with E-state index in [0.29, 0.717) is 17.2 Å². The van der Waals surface area contributed by atoms with Crippen LogP contribution in [-0.2, 0) is 0 Å². The Kier molecular flexibility index (Phi) is 4.18. The van der Waals surface area contributed by atoms with Gasteiger partial charge in [0.15, 0.2) is 11.5 Å². The summed E-state index contributed by atoms with van der Waals surface area (Å²) in [5.41, 5.74) is 2.63. The summed E-state index contributed by atoms with van der Waals surface area (Å²) < 4.78 is 17.6. The number of hydrogen-bond donors (Lipinski definition) is 0. The highest BCUT2D eigenvalue weighted by Crippen LogP contribution is 2.34. The van der Waals surface area contributed by atoms with Gasteiger partial charge in [0.05, 0.1) is 39.4 Å². The minimum atomic E-state index is 0.668. The van der Waals surface area contributed by atoms with Crippen LogP contribution in [0.2, 0.25) is 0 Å². The monoisotopic (exact) mass is 368 g/mol. The molecule has 0 amide bonds. The zero-order valence-corrected chi connectivity index (χ0v) is 15.3. The highest BCUT2D eigenvalue weighted by Gasteiger charge is 2.14. The lowest BCUT2D eigenvalue weighted by Crippen LogP contribution is -1.91. The summed E-state index contributed by atoms with van der Waals surface area (Å²) in [6.07, 6.45) is 5.30. The van der Waals surface area contributed by atoms with Crippen molar-refractivity contribution in [1.29, 1.82) is 0 Å². The third kappa shape index (κ3) is 2.84. The topological polar surface area (TPSA) is 70.8 Å². The normalized spacial score (nSPS) is 10.9. The van der Waals surface area contributed by atoms with Gasteiger partial charge in [-0.3, -0.25) is 4.98 Å². The van der Waals surface area contributed by atoms with E-state index in [1.165, 1.54) is 11.3 Å². The zero-order valence-electron chi connectivity index (χ0n) is 14.5. The van der Waals surface area contributed by atoms with Crippen molar-refractivity contribution in [2.24, 2.45) is 0 Å². The van der Waals surface area contributed by atoms with Gasteiger partial charge in [-0.2, -0.15) is 5.10 Å². The summed E-state index contributed by atoms with van der Waals surface area (Å²) in [7, 11) is 4.85. The number of aromatic nitrogens is 4. The molecule has 3 aromatic heterocycles. The van der Waals surface area contributed by atoms with E-state index in [1.807, 2.05) is 30.5 Å². The molecule has 4 rings (SSSR count). The molecule has 7 nitrogen and oxygen atoms in total. The minimum absolute atomic E-state index is 0.668. The van der Waals surface area contributed by atoms with E-state index in [4.69, 9.17) is 14.2 Å². The van der Waals surface area contributed by atoms with Crippen molar-refractivity contribution >= 4 is 16.3 Å². The maximum atomic E-state index is 5.36. The molecule has 26 heavy (non-hydrogen) atoms. The third-order valence-corrected chi connectivity index (χ3v) is 4.89.